The summed E-state index contributed by atoms with van der Waals surface area (Å²) in [6.45, 7) is 4.46. The van der Waals surface area contributed by atoms with Crippen LogP contribution in [0, 0.1) is 0 Å². The number of ether oxygens (including phenoxy) is 6. The first-order valence-corrected chi connectivity index (χ1v) is 15.7. The number of hydrogen-bond acceptors (Lipinski definition) is 15. The molecule has 49 heavy (non-hydrogen) atoms. The van der Waals surface area contributed by atoms with E-state index in [-0.39, 0.29) is 40.6 Å². The van der Waals surface area contributed by atoms with E-state index in [0.717, 1.165) is 5.57 Å². The van der Waals surface area contributed by atoms with Crippen LogP contribution in [0.5, 0.6) is 23.0 Å². The third-order valence-corrected chi connectivity index (χ3v) is 8.73. The van der Waals surface area contributed by atoms with Gasteiger partial charge in [-0.05, 0) is 51.5 Å². The topological polar surface area (TPSA) is 234 Å². The van der Waals surface area contributed by atoms with Crippen molar-refractivity contribution in [2.75, 3.05) is 13.7 Å². The molecule has 11 atom stereocenters. The van der Waals surface area contributed by atoms with Crippen LogP contribution >= 0.6 is 0 Å². The number of rotatable bonds is 10. The van der Waals surface area contributed by atoms with Crippen LogP contribution in [0.1, 0.15) is 43.4 Å². The van der Waals surface area contributed by atoms with Crippen LogP contribution in [0.3, 0.4) is 0 Å². The number of aliphatic hydroxyl groups excluding tert-OH is 7. The molecule has 0 saturated carbocycles. The molecule has 8 N–H and O–H groups in total. The van der Waals surface area contributed by atoms with E-state index in [1.54, 1.807) is 24.3 Å². The molecule has 0 radical (unpaired) electrons. The number of phenols is 1. The summed E-state index contributed by atoms with van der Waals surface area (Å²) in [7, 11) is 1.48. The zero-order chi connectivity index (χ0) is 35.7. The predicted molar refractivity (Wildman–Crippen MR) is 168 cm³/mol. The molecule has 5 rings (SSSR count). The Morgan fingerprint density at radius 3 is 2.10 bits per heavy atom. The molecular weight excluding hydrogens is 648 g/mol. The van der Waals surface area contributed by atoms with E-state index in [1.165, 1.54) is 20.1 Å². The fourth-order valence-corrected chi connectivity index (χ4v) is 5.85. The Bertz CT molecular complexity index is 1550. The molecule has 3 aliphatic rings. The molecule has 15 heteroatoms. The summed E-state index contributed by atoms with van der Waals surface area (Å²) in [6, 6.07) is 7.66. The number of aromatic hydroxyl groups is 1. The van der Waals surface area contributed by atoms with Crippen molar-refractivity contribution >= 4 is 12.0 Å². The number of carbonyl (C=O) groups excluding carboxylic acids is 1. The molecule has 3 aliphatic heterocycles. The molecule has 0 amide bonds. The molecule has 0 spiro atoms. The number of allylic oxidation sites excluding steroid dienone is 3. The Balaban J connectivity index is 1.66. The minimum atomic E-state index is -1.76. The van der Waals surface area contributed by atoms with Crippen molar-refractivity contribution in [2.24, 2.45) is 0 Å². The second-order valence-electron chi connectivity index (χ2n) is 12.4. The lowest BCUT2D eigenvalue weighted by molar-refractivity contribution is -0.283. The van der Waals surface area contributed by atoms with E-state index in [2.05, 4.69) is 0 Å². The fourth-order valence-electron chi connectivity index (χ4n) is 5.85. The van der Waals surface area contributed by atoms with Gasteiger partial charge in [0, 0.05) is 17.2 Å². The Labute approximate surface area is 281 Å². The van der Waals surface area contributed by atoms with E-state index >= 15 is 0 Å². The maximum Gasteiger partial charge on any atom is 0.229 e. The molecule has 2 saturated heterocycles. The van der Waals surface area contributed by atoms with Gasteiger partial charge in [-0.3, -0.25) is 0 Å². The Hall–Kier alpha value is -3.77. The Morgan fingerprint density at radius 1 is 0.878 bits per heavy atom. The van der Waals surface area contributed by atoms with E-state index < -0.39 is 79.7 Å². The standard InChI is InChI=1S/C34H42O15/c1-14(2)5-10-18-21(46-34-29(43)27(41)25(39)22(13-36)47-34)11-20(37)23-19(12-35)32(49-33-28(42)26(40)24(38)15(3)45-33)30(48-31(18)23)16-6-8-17(44-4)9-7-16/h5-9,11-12,15,19,22,24-29,33-34,36-43H,10,13H2,1-4H3/t15-,19?,22-,24-,25-,26+,27+,28+,29-,33+,34-/m1/s1. The molecule has 1 unspecified atom stereocenters. The molecule has 0 aliphatic carbocycles. The lowest BCUT2D eigenvalue weighted by Gasteiger charge is -2.41. The number of fused-ring (bicyclic) bond motifs is 1. The van der Waals surface area contributed by atoms with Crippen molar-refractivity contribution in [3.63, 3.8) is 0 Å². The molecule has 268 valence electrons. The second kappa shape index (κ2) is 15.0. The van der Waals surface area contributed by atoms with Crippen LogP contribution in [0.4, 0.5) is 0 Å². The maximum absolute atomic E-state index is 13.0. The van der Waals surface area contributed by atoms with Crippen molar-refractivity contribution in [1.82, 2.24) is 0 Å². The van der Waals surface area contributed by atoms with Gasteiger partial charge in [-0.15, -0.1) is 0 Å². The van der Waals surface area contributed by atoms with Gasteiger partial charge in [0.05, 0.1) is 25.4 Å². The highest BCUT2D eigenvalue weighted by Crippen LogP contribution is 2.51. The summed E-state index contributed by atoms with van der Waals surface area (Å²) in [4.78, 5) is 13.0. The number of carbonyl (C=O) groups is 1. The number of hydrogen-bond donors (Lipinski definition) is 8. The van der Waals surface area contributed by atoms with Crippen LogP contribution in [-0.4, -0.2) is 122 Å². The summed E-state index contributed by atoms with van der Waals surface area (Å²) in [6.07, 6.45) is -12.9. The first-order valence-electron chi connectivity index (χ1n) is 15.7. The van der Waals surface area contributed by atoms with Crippen LogP contribution in [0.15, 0.2) is 47.7 Å². The lowest BCUT2D eigenvalue weighted by atomic mass is 9.88. The number of benzene rings is 2. The van der Waals surface area contributed by atoms with Crippen molar-refractivity contribution in [2.45, 2.75) is 94.5 Å². The first-order chi connectivity index (χ1) is 23.3. The fraction of sp³-hybridized carbons (Fsp3) is 0.500. The van der Waals surface area contributed by atoms with Crippen LogP contribution in [0.25, 0.3) is 5.76 Å². The molecule has 2 aromatic rings. The van der Waals surface area contributed by atoms with Gasteiger partial charge in [0.1, 0.15) is 77.9 Å². The Morgan fingerprint density at radius 2 is 1.51 bits per heavy atom. The van der Waals surface area contributed by atoms with E-state index in [0.29, 0.717) is 17.6 Å². The normalized spacial score (nSPS) is 32.8. The lowest BCUT2D eigenvalue weighted by Crippen LogP contribution is -2.60. The van der Waals surface area contributed by atoms with Gasteiger partial charge in [0.25, 0.3) is 0 Å². The minimum Gasteiger partial charge on any atom is -0.507 e. The molecule has 0 aromatic heterocycles. The molecule has 15 nitrogen and oxygen atoms in total. The Kier molecular flexibility index (Phi) is 11.2. The predicted octanol–water partition coefficient (Wildman–Crippen LogP) is -0.0240. The van der Waals surface area contributed by atoms with Gasteiger partial charge in [-0.25, -0.2) is 0 Å². The summed E-state index contributed by atoms with van der Waals surface area (Å²) < 4.78 is 35.0. The molecule has 2 aromatic carbocycles. The number of aliphatic hydroxyl groups is 7. The number of aldehydes is 1. The highest BCUT2D eigenvalue weighted by Gasteiger charge is 2.47. The van der Waals surface area contributed by atoms with Gasteiger partial charge in [0.15, 0.2) is 11.5 Å². The average molecular weight is 691 g/mol. The SMILES string of the molecule is COc1ccc(C2=C(O[C@@H]3O[C@H](C)[C@@H](O)[C@H](O)[C@@H]3O)C(C=O)c3c(O)cc(O[C@@H]4O[C@H](CO)[C@@H](O)[C@H](O)[C@H]4O)c(CC=C(C)C)c3O2)cc1. The zero-order valence-electron chi connectivity index (χ0n) is 27.2. The van der Waals surface area contributed by atoms with E-state index in [1.807, 2.05) is 19.9 Å². The highest BCUT2D eigenvalue weighted by atomic mass is 16.7. The van der Waals surface area contributed by atoms with Gasteiger partial charge < -0.3 is 74.1 Å². The molecule has 2 fully saturated rings. The largest absolute Gasteiger partial charge is 0.507 e. The van der Waals surface area contributed by atoms with Crippen molar-refractivity contribution < 1.29 is 74.1 Å². The molecule has 0 bridgehead atoms. The zero-order valence-corrected chi connectivity index (χ0v) is 27.2. The summed E-state index contributed by atoms with van der Waals surface area (Å²) in [5.41, 5.74) is 1.50. The van der Waals surface area contributed by atoms with Crippen LogP contribution in [0.2, 0.25) is 0 Å². The van der Waals surface area contributed by atoms with Crippen molar-refractivity contribution in [1.29, 1.82) is 0 Å². The van der Waals surface area contributed by atoms with E-state index in [4.69, 9.17) is 28.4 Å². The third kappa shape index (κ3) is 7.12. The third-order valence-electron chi connectivity index (χ3n) is 8.73. The monoisotopic (exact) mass is 690 g/mol. The first kappa shape index (κ1) is 36.5. The minimum absolute atomic E-state index is 0.0127. The van der Waals surface area contributed by atoms with Crippen LogP contribution < -0.4 is 14.2 Å². The van der Waals surface area contributed by atoms with Crippen molar-refractivity contribution in [3.8, 4) is 23.0 Å². The number of methoxy groups -OCH3 is 1. The van der Waals surface area contributed by atoms with Gasteiger partial charge in [-0.2, -0.15) is 0 Å². The van der Waals surface area contributed by atoms with Crippen LogP contribution in [-0.2, 0) is 25.4 Å². The summed E-state index contributed by atoms with van der Waals surface area (Å²) in [5, 5.41) is 83.8. The molecule has 3 heterocycles. The van der Waals surface area contributed by atoms with Crippen molar-refractivity contribution in [3.05, 3.63) is 64.4 Å². The average Bonchev–Trinajstić information content (AvgIpc) is 3.09. The number of phenolic OH excluding ortho intramolecular Hbond substituents is 1. The van der Waals surface area contributed by atoms with Gasteiger partial charge in [0.2, 0.25) is 12.6 Å². The second-order valence-corrected chi connectivity index (χ2v) is 12.4. The highest BCUT2D eigenvalue weighted by molar-refractivity contribution is 5.82. The summed E-state index contributed by atoms with van der Waals surface area (Å²) in [5.74, 6) is -1.67. The van der Waals surface area contributed by atoms with Gasteiger partial charge >= 0.3 is 0 Å². The maximum atomic E-state index is 13.0. The van der Waals surface area contributed by atoms with E-state index in [9.17, 15) is 45.6 Å². The quantitative estimate of drug-likeness (QED) is 0.121. The summed E-state index contributed by atoms with van der Waals surface area (Å²) >= 11 is 0. The smallest absolute Gasteiger partial charge is 0.229 e. The van der Waals surface area contributed by atoms with Gasteiger partial charge in [-0.1, -0.05) is 11.6 Å². The molecular formula is C34H42O15.